The Kier molecular flexibility index (Phi) is 3.61. The molecule has 0 atom stereocenters. The van der Waals surface area contributed by atoms with Crippen molar-refractivity contribution >= 4 is 22.5 Å². The fourth-order valence-corrected chi connectivity index (χ4v) is 1.84. The second kappa shape index (κ2) is 5.34. The van der Waals surface area contributed by atoms with Crippen molar-refractivity contribution in [2.24, 2.45) is 0 Å². The Morgan fingerprint density at radius 1 is 1.47 bits per heavy atom. The Morgan fingerprint density at radius 2 is 2.26 bits per heavy atom. The minimum Gasteiger partial charge on any atom is -0.351 e. The molecule has 0 aliphatic carbocycles. The number of nitrogens with zero attached hydrogens (tertiary/aromatic N) is 2. The van der Waals surface area contributed by atoms with Crippen LogP contribution in [0.25, 0.3) is 10.9 Å². The first kappa shape index (κ1) is 12.8. The maximum Gasteiger partial charge on any atom is 0.270 e. The van der Waals surface area contributed by atoms with Gasteiger partial charge in [0.15, 0.2) is 0 Å². The number of aromatic nitrogens is 1. The van der Waals surface area contributed by atoms with Gasteiger partial charge in [-0.05, 0) is 12.1 Å². The van der Waals surface area contributed by atoms with Crippen LogP contribution in [-0.4, -0.2) is 21.9 Å². The first-order valence-corrected chi connectivity index (χ1v) is 5.72. The van der Waals surface area contributed by atoms with Crippen molar-refractivity contribution in [3.05, 3.63) is 53.2 Å². The molecule has 0 aliphatic heterocycles. The molecule has 0 bridgehead atoms. The summed E-state index contributed by atoms with van der Waals surface area (Å²) in [5, 5.41) is 14.1. The van der Waals surface area contributed by atoms with E-state index < -0.39 is 4.92 Å². The van der Waals surface area contributed by atoms with Crippen LogP contribution in [0.5, 0.6) is 0 Å². The van der Waals surface area contributed by atoms with Crippen LogP contribution in [0, 0.1) is 10.1 Å². The third kappa shape index (κ3) is 2.79. The van der Waals surface area contributed by atoms with Crippen LogP contribution in [-0.2, 0) is 11.3 Å². The summed E-state index contributed by atoms with van der Waals surface area (Å²) in [4.78, 5) is 21.8. The molecule has 6 nitrogen and oxygen atoms in total. The van der Waals surface area contributed by atoms with Crippen LogP contribution >= 0.6 is 0 Å². The maximum absolute atomic E-state index is 11.6. The second-order valence-electron chi connectivity index (χ2n) is 4.04. The molecule has 0 aliphatic rings. The zero-order valence-electron chi connectivity index (χ0n) is 10.2. The van der Waals surface area contributed by atoms with E-state index in [1.165, 1.54) is 12.1 Å². The minimum absolute atomic E-state index is 0.0429. The molecule has 1 aromatic carbocycles. The molecule has 19 heavy (non-hydrogen) atoms. The zero-order valence-corrected chi connectivity index (χ0v) is 10.2. The van der Waals surface area contributed by atoms with Crippen LogP contribution in [0.4, 0.5) is 5.69 Å². The van der Waals surface area contributed by atoms with Gasteiger partial charge in [-0.1, -0.05) is 6.08 Å². The molecule has 0 saturated carbocycles. The highest BCUT2D eigenvalue weighted by molar-refractivity contribution is 5.85. The van der Waals surface area contributed by atoms with E-state index in [2.05, 4.69) is 11.9 Å². The van der Waals surface area contributed by atoms with Crippen LogP contribution < -0.4 is 5.32 Å². The lowest BCUT2D eigenvalue weighted by molar-refractivity contribution is -0.384. The molecular formula is C13H13N3O3. The summed E-state index contributed by atoms with van der Waals surface area (Å²) in [6.45, 7) is 4.12. The summed E-state index contributed by atoms with van der Waals surface area (Å²) in [5.74, 6) is -0.129. The number of hydrogen-bond donors (Lipinski definition) is 1. The van der Waals surface area contributed by atoms with Crippen molar-refractivity contribution < 1.29 is 9.72 Å². The van der Waals surface area contributed by atoms with Crippen molar-refractivity contribution in [1.29, 1.82) is 0 Å². The molecule has 6 heteroatoms. The van der Waals surface area contributed by atoms with Gasteiger partial charge in [-0.15, -0.1) is 6.58 Å². The van der Waals surface area contributed by atoms with E-state index in [0.717, 1.165) is 10.9 Å². The van der Waals surface area contributed by atoms with Gasteiger partial charge in [0.1, 0.15) is 6.54 Å². The van der Waals surface area contributed by atoms with Gasteiger partial charge in [0, 0.05) is 35.8 Å². The van der Waals surface area contributed by atoms with E-state index in [9.17, 15) is 14.9 Å². The molecule has 98 valence electrons. The minimum atomic E-state index is -0.437. The zero-order chi connectivity index (χ0) is 13.8. The van der Waals surface area contributed by atoms with Gasteiger partial charge >= 0.3 is 0 Å². The summed E-state index contributed by atoms with van der Waals surface area (Å²) in [7, 11) is 0. The molecule has 1 aromatic heterocycles. The fraction of sp³-hybridized carbons (Fsp3) is 0.154. The molecule has 1 N–H and O–H groups in total. The molecule has 0 unspecified atom stereocenters. The smallest absolute Gasteiger partial charge is 0.270 e. The number of amides is 1. The fourth-order valence-electron chi connectivity index (χ4n) is 1.84. The van der Waals surface area contributed by atoms with E-state index in [1.54, 1.807) is 29.0 Å². The summed E-state index contributed by atoms with van der Waals surface area (Å²) in [6, 6.07) is 6.32. The number of nitro groups is 1. The van der Waals surface area contributed by atoms with Gasteiger partial charge in [-0.25, -0.2) is 0 Å². The second-order valence-corrected chi connectivity index (χ2v) is 4.04. The summed E-state index contributed by atoms with van der Waals surface area (Å²) in [5.41, 5.74) is 0.834. The number of hydrogen-bond acceptors (Lipinski definition) is 3. The number of non-ortho nitro benzene ring substituents is 1. The number of benzene rings is 1. The van der Waals surface area contributed by atoms with Crippen LogP contribution in [0.1, 0.15) is 0 Å². The Morgan fingerprint density at radius 3 is 2.95 bits per heavy atom. The molecule has 0 radical (unpaired) electrons. The number of rotatable bonds is 5. The summed E-state index contributed by atoms with van der Waals surface area (Å²) < 4.78 is 1.75. The van der Waals surface area contributed by atoms with Crippen molar-refractivity contribution in [2.75, 3.05) is 6.54 Å². The largest absolute Gasteiger partial charge is 0.351 e. The topological polar surface area (TPSA) is 77.2 Å². The van der Waals surface area contributed by atoms with Crippen molar-refractivity contribution in [3.63, 3.8) is 0 Å². The normalized spacial score (nSPS) is 10.3. The van der Waals surface area contributed by atoms with E-state index >= 15 is 0 Å². The number of carbonyl (C=O) groups excluding carboxylic acids is 1. The van der Waals surface area contributed by atoms with E-state index in [4.69, 9.17) is 0 Å². The highest BCUT2D eigenvalue weighted by Gasteiger charge is 2.10. The summed E-state index contributed by atoms with van der Waals surface area (Å²) >= 11 is 0. The molecule has 2 aromatic rings. The third-order valence-corrected chi connectivity index (χ3v) is 2.72. The number of fused-ring (bicyclic) bond motifs is 1. The van der Waals surface area contributed by atoms with Gasteiger partial charge in [-0.2, -0.15) is 0 Å². The number of nitro benzene ring substituents is 1. The first-order chi connectivity index (χ1) is 9.11. The molecule has 1 heterocycles. The summed E-state index contributed by atoms with van der Waals surface area (Å²) in [6.07, 6.45) is 3.34. The highest BCUT2D eigenvalue weighted by atomic mass is 16.6. The van der Waals surface area contributed by atoms with Gasteiger partial charge < -0.3 is 9.88 Å². The molecule has 0 saturated heterocycles. The van der Waals surface area contributed by atoms with Crippen molar-refractivity contribution in [1.82, 2.24) is 9.88 Å². The molecule has 0 spiro atoms. The van der Waals surface area contributed by atoms with Gasteiger partial charge in [0.25, 0.3) is 5.69 Å². The Balaban J connectivity index is 2.23. The average molecular weight is 259 g/mol. The van der Waals surface area contributed by atoms with Crippen LogP contribution in [0.3, 0.4) is 0 Å². The lowest BCUT2D eigenvalue weighted by Gasteiger charge is -2.05. The standard InChI is InChI=1S/C13H13N3O3/c1-2-6-14-13(17)9-15-7-5-10-8-11(16(18)19)3-4-12(10)15/h2-5,7-8H,1,6,9H2,(H,14,17). The Hall–Kier alpha value is -2.63. The quantitative estimate of drug-likeness (QED) is 0.505. The average Bonchev–Trinajstić information content (AvgIpc) is 2.78. The van der Waals surface area contributed by atoms with Crippen LogP contribution in [0.2, 0.25) is 0 Å². The van der Waals surface area contributed by atoms with Crippen LogP contribution in [0.15, 0.2) is 43.1 Å². The maximum atomic E-state index is 11.6. The Labute approximate surface area is 109 Å². The molecular weight excluding hydrogens is 246 g/mol. The molecule has 2 rings (SSSR count). The van der Waals surface area contributed by atoms with Gasteiger partial charge in [-0.3, -0.25) is 14.9 Å². The lowest BCUT2D eigenvalue weighted by Crippen LogP contribution is -2.27. The monoisotopic (exact) mass is 259 g/mol. The Bertz CT molecular complexity index is 646. The number of nitrogens with one attached hydrogen (secondary N) is 1. The lowest BCUT2D eigenvalue weighted by atomic mass is 10.2. The van der Waals surface area contributed by atoms with E-state index in [1.807, 2.05) is 0 Å². The highest BCUT2D eigenvalue weighted by Crippen LogP contribution is 2.21. The van der Waals surface area contributed by atoms with E-state index in [-0.39, 0.29) is 18.1 Å². The third-order valence-electron chi connectivity index (χ3n) is 2.72. The van der Waals surface area contributed by atoms with Gasteiger partial charge in [0.05, 0.1) is 4.92 Å². The predicted octanol–water partition coefficient (Wildman–Crippen LogP) is 1.85. The predicted molar refractivity (Wildman–Crippen MR) is 71.8 cm³/mol. The van der Waals surface area contributed by atoms with Gasteiger partial charge in [0.2, 0.25) is 5.91 Å². The number of carbonyl (C=O) groups is 1. The SMILES string of the molecule is C=CCNC(=O)Cn1ccc2cc([N+](=O)[O-])ccc21. The van der Waals surface area contributed by atoms with E-state index in [0.29, 0.717) is 6.54 Å². The first-order valence-electron chi connectivity index (χ1n) is 5.72. The molecule has 1 amide bonds. The van der Waals surface area contributed by atoms with Crippen molar-refractivity contribution in [3.8, 4) is 0 Å². The van der Waals surface area contributed by atoms with Crippen molar-refractivity contribution in [2.45, 2.75) is 6.54 Å². The molecule has 0 fully saturated rings.